The van der Waals surface area contributed by atoms with E-state index in [1.165, 1.54) is 25.5 Å². The molecule has 0 aromatic carbocycles. The van der Waals surface area contributed by atoms with E-state index in [0.717, 1.165) is 18.4 Å². The number of amides is 1. The highest BCUT2D eigenvalue weighted by Gasteiger charge is 2.30. The van der Waals surface area contributed by atoms with Gasteiger partial charge in [-0.3, -0.25) is 4.79 Å². The first kappa shape index (κ1) is 18.2. The second-order valence-electron chi connectivity index (χ2n) is 5.38. The minimum absolute atomic E-state index is 0.371. The van der Waals surface area contributed by atoms with Crippen molar-refractivity contribution in [3.05, 3.63) is 35.5 Å². The van der Waals surface area contributed by atoms with Gasteiger partial charge < -0.3 is 10.4 Å². The predicted octanol–water partition coefficient (Wildman–Crippen LogP) is 3.21. The molecule has 20 heavy (non-hydrogen) atoms. The minimum Gasteiger partial charge on any atom is -0.479 e. The van der Waals surface area contributed by atoms with E-state index in [1.807, 2.05) is 13.0 Å². The Hall–Kier alpha value is -1.84. The first-order valence-electron chi connectivity index (χ1n) is 6.68. The highest BCUT2D eigenvalue weighted by Crippen LogP contribution is 2.10. The summed E-state index contributed by atoms with van der Waals surface area (Å²) >= 11 is 0. The lowest BCUT2D eigenvalue weighted by atomic mass is 10.0. The van der Waals surface area contributed by atoms with Crippen LogP contribution < -0.4 is 5.32 Å². The van der Waals surface area contributed by atoms with E-state index in [2.05, 4.69) is 25.2 Å². The van der Waals surface area contributed by atoms with Gasteiger partial charge in [0.15, 0.2) is 5.54 Å². The molecular formula is C16H25NO3. The predicted molar refractivity (Wildman–Crippen MR) is 81.4 cm³/mol. The molecule has 0 heterocycles. The zero-order chi connectivity index (χ0) is 15.8. The lowest BCUT2D eigenvalue weighted by Gasteiger charge is -2.21. The summed E-state index contributed by atoms with van der Waals surface area (Å²) in [4.78, 5) is 22.2. The Morgan fingerprint density at radius 2 is 1.80 bits per heavy atom. The third-order valence-electron chi connectivity index (χ3n) is 2.78. The number of rotatable bonds is 7. The molecule has 0 spiro atoms. The van der Waals surface area contributed by atoms with Crippen LogP contribution in [0.2, 0.25) is 0 Å². The number of hydrogen-bond donors (Lipinski definition) is 2. The summed E-state index contributed by atoms with van der Waals surface area (Å²) in [6.07, 6.45) is 9.12. The average Bonchev–Trinajstić information content (AvgIpc) is 2.27. The average molecular weight is 279 g/mol. The van der Waals surface area contributed by atoms with Crippen LogP contribution in [-0.4, -0.2) is 22.5 Å². The quantitative estimate of drug-likeness (QED) is 0.555. The maximum atomic E-state index is 11.2. The van der Waals surface area contributed by atoms with Crippen LogP contribution in [0.1, 0.15) is 47.5 Å². The molecule has 0 aromatic rings. The van der Waals surface area contributed by atoms with Crippen molar-refractivity contribution in [1.82, 2.24) is 5.32 Å². The molecule has 0 aliphatic heterocycles. The molecule has 0 aromatic heterocycles. The zero-order valence-electron chi connectivity index (χ0n) is 13.0. The maximum Gasteiger partial charge on any atom is 0.333 e. The van der Waals surface area contributed by atoms with Crippen LogP contribution in [0.25, 0.3) is 0 Å². The summed E-state index contributed by atoms with van der Waals surface area (Å²) in [5, 5.41) is 11.6. The van der Waals surface area contributed by atoms with Crippen molar-refractivity contribution in [1.29, 1.82) is 0 Å². The lowest BCUT2D eigenvalue weighted by molar-refractivity contribution is -0.144. The van der Waals surface area contributed by atoms with Crippen LogP contribution in [-0.2, 0) is 9.59 Å². The molecule has 2 N–H and O–H groups in total. The fourth-order valence-electron chi connectivity index (χ4n) is 1.61. The Morgan fingerprint density at radius 1 is 1.20 bits per heavy atom. The number of carboxylic acid groups (broad SMARTS) is 1. The van der Waals surface area contributed by atoms with Gasteiger partial charge in [-0.2, -0.15) is 0 Å². The Bertz CT molecular complexity index is 443. The van der Waals surface area contributed by atoms with E-state index in [9.17, 15) is 9.59 Å². The van der Waals surface area contributed by atoms with E-state index in [0.29, 0.717) is 0 Å². The summed E-state index contributed by atoms with van der Waals surface area (Å²) in [6, 6.07) is 0. The Morgan fingerprint density at radius 3 is 2.25 bits per heavy atom. The van der Waals surface area contributed by atoms with Crippen molar-refractivity contribution in [3.8, 4) is 0 Å². The second kappa shape index (κ2) is 8.35. The molecular weight excluding hydrogens is 254 g/mol. The molecule has 4 heteroatoms. The zero-order valence-corrected chi connectivity index (χ0v) is 13.0. The van der Waals surface area contributed by atoms with Crippen LogP contribution in [0.5, 0.6) is 0 Å². The normalized spacial score (nSPS) is 14.8. The maximum absolute atomic E-state index is 11.2. The molecule has 112 valence electrons. The Balaban J connectivity index is 4.68. The van der Waals surface area contributed by atoms with Crippen LogP contribution >= 0.6 is 0 Å². The summed E-state index contributed by atoms with van der Waals surface area (Å²) in [7, 11) is 0. The van der Waals surface area contributed by atoms with Crippen LogP contribution in [0, 0.1) is 0 Å². The number of carbonyl (C=O) groups is 2. The molecule has 0 aliphatic carbocycles. The number of nitrogens with one attached hydrogen (secondary N) is 1. The van der Waals surface area contributed by atoms with Gasteiger partial charge in [-0.1, -0.05) is 29.4 Å². The molecule has 0 saturated heterocycles. The largest absolute Gasteiger partial charge is 0.479 e. The highest BCUT2D eigenvalue weighted by atomic mass is 16.4. The van der Waals surface area contributed by atoms with E-state index in [-0.39, 0.29) is 5.91 Å². The van der Waals surface area contributed by atoms with Gasteiger partial charge >= 0.3 is 5.97 Å². The molecule has 4 nitrogen and oxygen atoms in total. The van der Waals surface area contributed by atoms with Crippen molar-refractivity contribution in [2.24, 2.45) is 0 Å². The molecule has 0 bridgehead atoms. The van der Waals surface area contributed by atoms with Gasteiger partial charge in [0.05, 0.1) is 0 Å². The van der Waals surface area contributed by atoms with Crippen molar-refractivity contribution >= 4 is 11.9 Å². The Labute approximate surface area is 121 Å². The second-order valence-corrected chi connectivity index (χ2v) is 5.38. The van der Waals surface area contributed by atoms with Gasteiger partial charge in [0.1, 0.15) is 0 Å². The van der Waals surface area contributed by atoms with Crippen molar-refractivity contribution in [2.75, 3.05) is 0 Å². The number of allylic oxidation sites excluding steroid dienone is 5. The molecule has 1 amide bonds. The summed E-state index contributed by atoms with van der Waals surface area (Å²) < 4.78 is 0. The smallest absolute Gasteiger partial charge is 0.333 e. The molecule has 0 radical (unpaired) electrons. The first-order chi connectivity index (χ1) is 9.17. The fraction of sp³-hybridized carbons (Fsp3) is 0.500. The van der Waals surface area contributed by atoms with Gasteiger partial charge in [0.25, 0.3) is 0 Å². The molecule has 0 rings (SSSR count). The van der Waals surface area contributed by atoms with Crippen molar-refractivity contribution < 1.29 is 14.7 Å². The van der Waals surface area contributed by atoms with E-state index in [1.54, 1.807) is 6.08 Å². The third-order valence-corrected chi connectivity index (χ3v) is 2.78. The van der Waals surface area contributed by atoms with Gasteiger partial charge in [-0.15, -0.1) is 0 Å². The van der Waals surface area contributed by atoms with Gasteiger partial charge in [0.2, 0.25) is 5.91 Å². The fourth-order valence-corrected chi connectivity index (χ4v) is 1.61. The third kappa shape index (κ3) is 7.56. The topological polar surface area (TPSA) is 66.4 Å². The van der Waals surface area contributed by atoms with Crippen LogP contribution in [0.3, 0.4) is 0 Å². The number of carbonyl (C=O) groups excluding carboxylic acids is 1. The standard InChI is InChI=1S/C16H25NO3/c1-12(2)8-6-9-13(3)10-7-11-16(5,15(19)20)17-14(4)18/h7-8,10-11H,6,9H2,1-5H3,(H,17,18)(H,19,20). The number of aliphatic carboxylic acids is 1. The first-order valence-corrected chi connectivity index (χ1v) is 6.68. The van der Waals surface area contributed by atoms with Crippen molar-refractivity contribution in [2.45, 2.75) is 53.0 Å². The molecule has 1 unspecified atom stereocenters. The lowest BCUT2D eigenvalue weighted by Crippen LogP contribution is -2.49. The Kier molecular flexibility index (Phi) is 7.59. The highest BCUT2D eigenvalue weighted by molar-refractivity contribution is 5.87. The number of hydrogen-bond acceptors (Lipinski definition) is 2. The minimum atomic E-state index is -1.37. The van der Waals surface area contributed by atoms with E-state index < -0.39 is 11.5 Å². The summed E-state index contributed by atoms with van der Waals surface area (Å²) in [5.41, 5.74) is 1.08. The molecule has 0 saturated carbocycles. The van der Waals surface area contributed by atoms with Gasteiger partial charge in [-0.05, 0) is 46.6 Å². The molecule has 0 aliphatic rings. The number of carboxylic acids is 1. The van der Waals surface area contributed by atoms with E-state index >= 15 is 0 Å². The SMILES string of the molecule is CC(=O)NC(C)(C=CC=C(C)CCC=C(C)C)C(=O)O. The summed E-state index contributed by atoms with van der Waals surface area (Å²) in [5.74, 6) is -1.46. The summed E-state index contributed by atoms with van der Waals surface area (Å²) in [6.45, 7) is 8.88. The van der Waals surface area contributed by atoms with E-state index in [4.69, 9.17) is 5.11 Å². The van der Waals surface area contributed by atoms with Crippen LogP contribution in [0.15, 0.2) is 35.5 Å². The van der Waals surface area contributed by atoms with Gasteiger partial charge in [-0.25, -0.2) is 4.79 Å². The molecule has 1 atom stereocenters. The van der Waals surface area contributed by atoms with Crippen molar-refractivity contribution in [3.63, 3.8) is 0 Å². The molecule has 0 fully saturated rings. The van der Waals surface area contributed by atoms with Gasteiger partial charge in [0, 0.05) is 6.92 Å². The monoisotopic (exact) mass is 279 g/mol. The van der Waals surface area contributed by atoms with Crippen LogP contribution in [0.4, 0.5) is 0 Å².